The van der Waals surface area contributed by atoms with Gasteiger partial charge >= 0.3 is 0 Å². The van der Waals surface area contributed by atoms with Crippen molar-refractivity contribution in [2.24, 2.45) is 0 Å². The lowest BCUT2D eigenvalue weighted by Crippen LogP contribution is -2.32. The van der Waals surface area contributed by atoms with E-state index in [0.717, 1.165) is 5.56 Å². The van der Waals surface area contributed by atoms with Crippen LogP contribution in [0.2, 0.25) is 0 Å². The van der Waals surface area contributed by atoms with Crippen molar-refractivity contribution >= 4 is 5.78 Å². The van der Waals surface area contributed by atoms with Crippen LogP contribution in [0.5, 0.6) is 0 Å². The Hall–Kier alpha value is -1.15. The van der Waals surface area contributed by atoms with E-state index in [1.165, 1.54) is 5.56 Å². The van der Waals surface area contributed by atoms with Gasteiger partial charge in [-0.25, -0.2) is 0 Å². The number of likely N-dealkylation sites (N-methyl/N-ethyl adjacent to an activating group) is 1. The minimum absolute atomic E-state index is 0.0605. The molecule has 0 spiro atoms. The van der Waals surface area contributed by atoms with Crippen LogP contribution in [0, 0.1) is 6.92 Å². The molecule has 1 N–H and O–H groups in total. The molecule has 1 aromatic rings. The Labute approximate surface area is 85.3 Å². The molecule has 1 aromatic carbocycles. The molecule has 2 heteroatoms. The van der Waals surface area contributed by atoms with Crippen LogP contribution in [-0.4, -0.2) is 18.9 Å². The van der Waals surface area contributed by atoms with Gasteiger partial charge < -0.3 is 5.32 Å². The average Bonchev–Trinajstić information content (AvgIpc) is 2.20. The summed E-state index contributed by atoms with van der Waals surface area (Å²) < 4.78 is 0. The summed E-state index contributed by atoms with van der Waals surface area (Å²) in [4.78, 5) is 11.6. The molecule has 0 radical (unpaired) electrons. The first-order valence-corrected chi connectivity index (χ1v) is 4.89. The Morgan fingerprint density at radius 2 is 2.07 bits per heavy atom. The van der Waals surface area contributed by atoms with Crippen LogP contribution in [-0.2, 0) is 11.2 Å². The molecule has 1 rings (SSSR count). The lowest BCUT2D eigenvalue weighted by atomic mass is 10.0. The molecule has 14 heavy (non-hydrogen) atoms. The molecule has 1 atom stereocenters. The zero-order valence-corrected chi connectivity index (χ0v) is 9.00. The van der Waals surface area contributed by atoms with E-state index < -0.39 is 0 Å². The van der Waals surface area contributed by atoms with Gasteiger partial charge in [-0.1, -0.05) is 24.3 Å². The summed E-state index contributed by atoms with van der Waals surface area (Å²) in [5, 5.41) is 2.95. The first-order chi connectivity index (χ1) is 6.65. The predicted octanol–water partition coefficient (Wildman–Crippen LogP) is 1.71. The van der Waals surface area contributed by atoms with E-state index >= 15 is 0 Å². The highest BCUT2D eigenvalue weighted by Crippen LogP contribution is 2.08. The predicted molar refractivity (Wildman–Crippen MR) is 58.4 cm³/mol. The molecule has 0 aromatic heterocycles. The van der Waals surface area contributed by atoms with Crippen molar-refractivity contribution in [2.75, 3.05) is 7.05 Å². The summed E-state index contributed by atoms with van der Waals surface area (Å²) in [7, 11) is 1.81. The molecule has 2 nitrogen and oxygen atoms in total. The van der Waals surface area contributed by atoms with E-state index in [9.17, 15) is 4.79 Å². The molecular weight excluding hydrogens is 174 g/mol. The van der Waals surface area contributed by atoms with Crippen LogP contribution in [0.25, 0.3) is 0 Å². The number of carbonyl (C=O) groups is 1. The van der Waals surface area contributed by atoms with Gasteiger partial charge in [-0.15, -0.1) is 0 Å². The lowest BCUT2D eigenvalue weighted by molar-refractivity contribution is -0.119. The van der Waals surface area contributed by atoms with Crippen LogP contribution < -0.4 is 5.32 Å². The number of ketones is 1. The fourth-order valence-corrected chi connectivity index (χ4v) is 1.31. The van der Waals surface area contributed by atoms with Gasteiger partial charge in [-0.3, -0.25) is 4.79 Å². The van der Waals surface area contributed by atoms with Crippen molar-refractivity contribution in [3.63, 3.8) is 0 Å². The molecular formula is C12H17NO. The summed E-state index contributed by atoms with van der Waals surface area (Å²) in [5.74, 6) is 0.238. The number of rotatable bonds is 4. The van der Waals surface area contributed by atoms with Crippen molar-refractivity contribution < 1.29 is 4.79 Å². The topological polar surface area (TPSA) is 29.1 Å². The zero-order chi connectivity index (χ0) is 10.6. The van der Waals surface area contributed by atoms with Gasteiger partial charge in [0.05, 0.1) is 6.04 Å². The highest BCUT2D eigenvalue weighted by atomic mass is 16.1. The maximum atomic E-state index is 11.6. The third-order valence-corrected chi connectivity index (χ3v) is 2.54. The standard InChI is InChI=1S/C12H17NO/c1-9-6-4-5-7-11(9)8-12(14)10(2)13-3/h4-7,10,13H,8H2,1-3H3. The maximum Gasteiger partial charge on any atom is 0.153 e. The Bertz CT molecular complexity index is 320. The quantitative estimate of drug-likeness (QED) is 0.785. The fourth-order valence-electron chi connectivity index (χ4n) is 1.31. The third-order valence-electron chi connectivity index (χ3n) is 2.54. The van der Waals surface area contributed by atoms with E-state index in [1.54, 1.807) is 7.05 Å². The largest absolute Gasteiger partial charge is 0.311 e. The van der Waals surface area contributed by atoms with Crippen LogP contribution in [0.4, 0.5) is 0 Å². The van der Waals surface area contributed by atoms with Gasteiger partial charge in [0.25, 0.3) is 0 Å². The van der Waals surface area contributed by atoms with Crippen molar-refractivity contribution in [1.29, 1.82) is 0 Å². The smallest absolute Gasteiger partial charge is 0.153 e. The van der Waals surface area contributed by atoms with E-state index in [0.29, 0.717) is 6.42 Å². The molecule has 0 aliphatic heterocycles. The highest BCUT2D eigenvalue weighted by Gasteiger charge is 2.11. The number of aryl methyl sites for hydroxylation is 1. The minimum atomic E-state index is -0.0605. The molecule has 0 saturated carbocycles. The summed E-state index contributed by atoms with van der Waals surface area (Å²) in [6, 6.07) is 7.95. The Kier molecular flexibility index (Phi) is 3.84. The van der Waals surface area contributed by atoms with Crippen LogP contribution in [0.1, 0.15) is 18.1 Å². The molecule has 0 fully saturated rings. The molecule has 0 aliphatic rings. The van der Waals surface area contributed by atoms with Crippen LogP contribution >= 0.6 is 0 Å². The van der Waals surface area contributed by atoms with Gasteiger partial charge in [0.1, 0.15) is 0 Å². The monoisotopic (exact) mass is 191 g/mol. The minimum Gasteiger partial charge on any atom is -0.311 e. The number of hydrogen-bond donors (Lipinski definition) is 1. The number of benzene rings is 1. The second kappa shape index (κ2) is 4.91. The first kappa shape index (κ1) is 10.9. The molecule has 1 unspecified atom stereocenters. The number of Topliss-reactive ketones (excluding diaryl/α,β-unsaturated/α-hetero) is 1. The summed E-state index contributed by atoms with van der Waals surface area (Å²) in [5.41, 5.74) is 2.31. The van der Waals surface area contributed by atoms with E-state index in [2.05, 4.69) is 5.32 Å². The van der Waals surface area contributed by atoms with Gasteiger partial charge in [0.15, 0.2) is 5.78 Å². The molecule has 0 amide bonds. The van der Waals surface area contributed by atoms with Crippen molar-refractivity contribution in [1.82, 2.24) is 5.32 Å². The van der Waals surface area contributed by atoms with E-state index in [-0.39, 0.29) is 11.8 Å². The van der Waals surface area contributed by atoms with Gasteiger partial charge in [0, 0.05) is 6.42 Å². The van der Waals surface area contributed by atoms with Gasteiger partial charge in [-0.2, -0.15) is 0 Å². The Balaban J connectivity index is 2.70. The lowest BCUT2D eigenvalue weighted by Gasteiger charge is -2.10. The molecule has 0 aliphatic carbocycles. The second-order valence-corrected chi connectivity index (χ2v) is 3.58. The summed E-state index contributed by atoms with van der Waals surface area (Å²) in [6.07, 6.45) is 0.522. The number of hydrogen-bond acceptors (Lipinski definition) is 2. The van der Waals surface area contributed by atoms with Crippen LogP contribution in [0.15, 0.2) is 24.3 Å². The van der Waals surface area contributed by atoms with Crippen molar-refractivity contribution in [3.8, 4) is 0 Å². The molecule has 76 valence electrons. The molecule has 0 heterocycles. The van der Waals surface area contributed by atoms with Crippen LogP contribution in [0.3, 0.4) is 0 Å². The fraction of sp³-hybridized carbons (Fsp3) is 0.417. The van der Waals surface area contributed by atoms with Crippen molar-refractivity contribution in [2.45, 2.75) is 26.3 Å². The average molecular weight is 191 g/mol. The highest BCUT2D eigenvalue weighted by molar-refractivity contribution is 5.85. The van der Waals surface area contributed by atoms with Gasteiger partial charge in [-0.05, 0) is 32.0 Å². The van der Waals surface area contributed by atoms with Crippen molar-refractivity contribution in [3.05, 3.63) is 35.4 Å². The maximum absolute atomic E-state index is 11.6. The number of nitrogens with one attached hydrogen (secondary N) is 1. The second-order valence-electron chi connectivity index (χ2n) is 3.58. The van der Waals surface area contributed by atoms with E-state index in [1.807, 2.05) is 38.1 Å². The molecule has 0 saturated heterocycles. The first-order valence-electron chi connectivity index (χ1n) is 4.89. The Morgan fingerprint density at radius 1 is 1.43 bits per heavy atom. The Morgan fingerprint density at radius 3 is 2.64 bits per heavy atom. The molecule has 0 bridgehead atoms. The summed E-state index contributed by atoms with van der Waals surface area (Å²) in [6.45, 7) is 3.92. The number of carbonyl (C=O) groups excluding carboxylic acids is 1. The normalized spacial score (nSPS) is 12.5. The van der Waals surface area contributed by atoms with Gasteiger partial charge in [0.2, 0.25) is 0 Å². The third kappa shape index (κ3) is 2.67. The van der Waals surface area contributed by atoms with E-state index in [4.69, 9.17) is 0 Å². The zero-order valence-electron chi connectivity index (χ0n) is 9.00. The summed E-state index contributed by atoms with van der Waals surface area (Å²) >= 11 is 0. The SMILES string of the molecule is CNC(C)C(=O)Cc1ccccc1C.